The maximum atomic E-state index is 13.2. The van der Waals surface area contributed by atoms with Gasteiger partial charge in [0, 0.05) is 30.6 Å². The van der Waals surface area contributed by atoms with E-state index in [-0.39, 0.29) is 17.4 Å². The van der Waals surface area contributed by atoms with Crippen LogP contribution in [0.2, 0.25) is 0 Å². The van der Waals surface area contributed by atoms with E-state index in [2.05, 4.69) is 0 Å². The van der Waals surface area contributed by atoms with Crippen LogP contribution in [0, 0.1) is 0 Å². The van der Waals surface area contributed by atoms with Crippen LogP contribution < -0.4 is 9.47 Å². The lowest BCUT2D eigenvalue weighted by Gasteiger charge is -2.17. The van der Waals surface area contributed by atoms with Crippen molar-refractivity contribution in [1.82, 2.24) is 8.87 Å². The minimum absolute atomic E-state index is 0.0682. The molecule has 9 heteroatoms. The van der Waals surface area contributed by atoms with Crippen LogP contribution in [0.15, 0.2) is 53.6 Å². The molecule has 0 aliphatic carbocycles. The van der Waals surface area contributed by atoms with E-state index in [1.165, 1.54) is 4.31 Å². The first-order valence-electron chi connectivity index (χ1n) is 10.5. The molecule has 8 nitrogen and oxygen atoms in total. The van der Waals surface area contributed by atoms with E-state index < -0.39 is 16.0 Å². The van der Waals surface area contributed by atoms with Crippen molar-refractivity contribution < 1.29 is 27.8 Å². The minimum atomic E-state index is -3.65. The number of sulfonamides is 1. The average Bonchev–Trinajstić information content (AvgIpc) is 3.40. The van der Waals surface area contributed by atoms with Gasteiger partial charge in [0.1, 0.15) is 18.0 Å². The van der Waals surface area contributed by atoms with Gasteiger partial charge in [-0.2, -0.15) is 4.31 Å². The van der Waals surface area contributed by atoms with Crippen LogP contribution in [0.3, 0.4) is 0 Å². The number of hydrogen-bond acceptors (Lipinski definition) is 5. The molecule has 0 radical (unpaired) electrons. The second-order valence-corrected chi connectivity index (χ2v) is 9.65. The first-order valence-corrected chi connectivity index (χ1v) is 11.9. The van der Waals surface area contributed by atoms with Crippen molar-refractivity contribution in [1.29, 1.82) is 0 Å². The molecule has 0 saturated carbocycles. The van der Waals surface area contributed by atoms with Crippen molar-refractivity contribution in [2.75, 3.05) is 26.8 Å². The Morgan fingerprint density at radius 2 is 1.94 bits per heavy atom. The molecule has 1 N–H and O–H groups in total. The molecular formula is C23H26N2O6S. The van der Waals surface area contributed by atoms with E-state index >= 15 is 0 Å². The molecule has 170 valence electrons. The molecule has 32 heavy (non-hydrogen) atoms. The fourth-order valence-electron chi connectivity index (χ4n) is 4.33. The predicted molar refractivity (Wildman–Crippen MR) is 120 cm³/mol. The highest BCUT2D eigenvalue weighted by atomic mass is 32.2. The number of carboxylic acid groups (broad SMARTS) is 1. The van der Waals surface area contributed by atoms with Crippen molar-refractivity contribution in [2.45, 2.75) is 30.7 Å². The molecule has 1 atom stereocenters. The molecule has 1 unspecified atom stereocenters. The summed E-state index contributed by atoms with van der Waals surface area (Å²) >= 11 is 0. The van der Waals surface area contributed by atoms with Crippen molar-refractivity contribution in [2.24, 2.45) is 0 Å². The number of aliphatic carboxylic acids is 1. The molecule has 1 aromatic heterocycles. The molecule has 1 aliphatic heterocycles. The molecule has 1 saturated heterocycles. The number of ether oxygens (including phenoxy) is 2. The average molecular weight is 459 g/mol. The van der Waals surface area contributed by atoms with Crippen LogP contribution in [-0.2, 0) is 21.4 Å². The molecule has 4 rings (SSSR count). The van der Waals surface area contributed by atoms with Gasteiger partial charge in [-0.05, 0) is 55.3 Å². The molecule has 1 aliphatic rings. The number of nitrogens with zero attached hydrogens (tertiary/aromatic N) is 2. The number of fused-ring (bicyclic) bond motifs is 1. The summed E-state index contributed by atoms with van der Waals surface area (Å²) in [5, 5.41) is 10.1. The number of hydrogen-bond donors (Lipinski definition) is 1. The highest BCUT2D eigenvalue weighted by Crippen LogP contribution is 2.39. The van der Waals surface area contributed by atoms with E-state index in [1.807, 2.05) is 31.3 Å². The zero-order valence-corrected chi connectivity index (χ0v) is 18.8. The lowest BCUT2D eigenvalue weighted by molar-refractivity contribution is -0.137. The Balaban J connectivity index is 1.65. The SMILES string of the molecule is CCOc1ccc(S(=O)(=O)N2CCC(c3cn(CC(=O)O)c4cccc(OC)c34)C2)cc1. The lowest BCUT2D eigenvalue weighted by atomic mass is 9.97. The molecule has 0 spiro atoms. The highest BCUT2D eigenvalue weighted by molar-refractivity contribution is 7.89. The van der Waals surface area contributed by atoms with Crippen molar-refractivity contribution in [3.63, 3.8) is 0 Å². The van der Waals surface area contributed by atoms with Crippen molar-refractivity contribution >= 4 is 26.9 Å². The van der Waals surface area contributed by atoms with Crippen LogP contribution in [0.1, 0.15) is 24.8 Å². The summed E-state index contributed by atoms with van der Waals surface area (Å²) in [6.07, 6.45) is 2.46. The van der Waals surface area contributed by atoms with Gasteiger partial charge in [-0.1, -0.05) is 6.07 Å². The fraction of sp³-hybridized carbons (Fsp3) is 0.348. The Bertz CT molecular complexity index is 1230. The van der Waals surface area contributed by atoms with Crippen LogP contribution in [0.4, 0.5) is 0 Å². The fourth-order valence-corrected chi connectivity index (χ4v) is 5.83. The van der Waals surface area contributed by atoms with E-state index in [1.54, 1.807) is 35.9 Å². The zero-order valence-electron chi connectivity index (χ0n) is 18.0. The minimum Gasteiger partial charge on any atom is -0.496 e. The Hall–Kier alpha value is -3.04. The third kappa shape index (κ3) is 4.05. The summed E-state index contributed by atoms with van der Waals surface area (Å²) < 4.78 is 40.5. The second kappa shape index (κ2) is 8.84. The zero-order chi connectivity index (χ0) is 22.9. The number of benzene rings is 2. The highest BCUT2D eigenvalue weighted by Gasteiger charge is 2.35. The van der Waals surface area contributed by atoms with Crippen molar-refractivity contribution in [3.05, 3.63) is 54.2 Å². The molecule has 2 aromatic carbocycles. The number of methoxy groups -OCH3 is 1. The number of rotatable bonds is 8. The summed E-state index contributed by atoms with van der Waals surface area (Å²) in [7, 11) is -2.07. The van der Waals surface area contributed by atoms with Gasteiger partial charge >= 0.3 is 5.97 Å². The second-order valence-electron chi connectivity index (χ2n) is 7.71. The number of aromatic nitrogens is 1. The van der Waals surface area contributed by atoms with Gasteiger partial charge in [0.25, 0.3) is 0 Å². The number of carbonyl (C=O) groups is 1. The summed E-state index contributed by atoms with van der Waals surface area (Å²) in [6.45, 7) is 2.92. The maximum absolute atomic E-state index is 13.2. The quantitative estimate of drug-likeness (QED) is 0.556. The normalized spacial score (nSPS) is 17.0. The monoisotopic (exact) mass is 458 g/mol. The van der Waals surface area contributed by atoms with Gasteiger partial charge in [0.15, 0.2) is 0 Å². The van der Waals surface area contributed by atoms with Crippen LogP contribution in [-0.4, -0.2) is 55.2 Å². The molecular weight excluding hydrogens is 432 g/mol. The smallest absolute Gasteiger partial charge is 0.323 e. The third-order valence-corrected chi connectivity index (χ3v) is 7.67. The van der Waals surface area contributed by atoms with Gasteiger partial charge in [-0.15, -0.1) is 0 Å². The summed E-state index contributed by atoms with van der Waals surface area (Å²) in [4.78, 5) is 11.6. The number of carboxylic acids is 1. The Morgan fingerprint density at radius 1 is 1.19 bits per heavy atom. The molecule has 1 fully saturated rings. The van der Waals surface area contributed by atoms with Crippen molar-refractivity contribution in [3.8, 4) is 11.5 Å². The maximum Gasteiger partial charge on any atom is 0.323 e. The van der Waals surface area contributed by atoms with Crippen LogP contribution >= 0.6 is 0 Å². The molecule has 3 aromatic rings. The van der Waals surface area contributed by atoms with Gasteiger partial charge in [-0.25, -0.2) is 8.42 Å². The summed E-state index contributed by atoms with van der Waals surface area (Å²) in [5.74, 6) is 0.266. The molecule has 0 bridgehead atoms. The summed E-state index contributed by atoms with van der Waals surface area (Å²) in [5.41, 5.74) is 1.66. The van der Waals surface area contributed by atoms with Crippen LogP contribution in [0.5, 0.6) is 11.5 Å². The predicted octanol–water partition coefficient (Wildman–Crippen LogP) is 3.31. The molecule has 2 heterocycles. The third-order valence-electron chi connectivity index (χ3n) is 5.79. The van der Waals surface area contributed by atoms with Gasteiger partial charge in [0.2, 0.25) is 10.0 Å². The van der Waals surface area contributed by atoms with Gasteiger partial charge in [0.05, 0.1) is 24.1 Å². The van der Waals surface area contributed by atoms with E-state index in [0.717, 1.165) is 16.5 Å². The molecule has 0 amide bonds. The summed E-state index contributed by atoms with van der Waals surface area (Å²) in [6, 6.07) is 12.0. The topological polar surface area (TPSA) is 98.1 Å². The first-order chi connectivity index (χ1) is 15.3. The Morgan fingerprint density at radius 3 is 2.59 bits per heavy atom. The van der Waals surface area contributed by atoms with E-state index in [9.17, 15) is 18.3 Å². The Kier molecular flexibility index (Phi) is 6.12. The lowest BCUT2D eigenvalue weighted by Crippen LogP contribution is -2.28. The van der Waals surface area contributed by atoms with E-state index in [4.69, 9.17) is 9.47 Å². The Labute approximate surface area is 187 Å². The van der Waals surface area contributed by atoms with Gasteiger partial charge in [-0.3, -0.25) is 4.79 Å². The van der Waals surface area contributed by atoms with Crippen LogP contribution in [0.25, 0.3) is 10.9 Å². The largest absolute Gasteiger partial charge is 0.496 e. The van der Waals surface area contributed by atoms with Gasteiger partial charge < -0.3 is 19.1 Å². The first kappa shape index (κ1) is 22.2. The standard InChI is InChI=1S/C23H26N2O6S/c1-3-31-17-7-9-18(10-8-17)32(28,29)25-12-11-16(13-25)19-14-24(15-22(26)27)20-5-4-6-21(30-2)23(19)20/h4-10,14,16H,3,11-13,15H2,1-2H3,(H,26,27). The van der Waals surface area contributed by atoms with E-state index in [0.29, 0.717) is 37.6 Å².